The quantitative estimate of drug-likeness (QED) is 0.139. The number of non-ortho nitro benzene ring substituents is 1. The zero-order valence-electron chi connectivity index (χ0n) is 14.5. The van der Waals surface area contributed by atoms with Crippen LogP contribution in [0, 0.1) is 10.1 Å². The van der Waals surface area contributed by atoms with Gasteiger partial charge in [-0.2, -0.15) is 11.8 Å². The number of nitro groups is 1. The van der Waals surface area contributed by atoms with Crippen LogP contribution in [0.1, 0.15) is 19.3 Å². The Morgan fingerprint density at radius 2 is 2.04 bits per heavy atom. The minimum absolute atomic E-state index is 0. The van der Waals surface area contributed by atoms with Crippen molar-refractivity contribution in [3.8, 4) is 0 Å². The maximum Gasteiger partial charge on any atom is 0.269 e. The highest BCUT2D eigenvalue weighted by Gasteiger charge is 2.24. The van der Waals surface area contributed by atoms with Crippen LogP contribution in [-0.4, -0.2) is 48.6 Å². The first-order valence-corrected chi connectivity index (χ1v) is 9.39. The third-order valence-corrected chi connectivity index (χ3v) is 5.20. The van der Waals surface area contributed by atoms with E-state index in [1.807, 2.05) is 11.8 Å². The van der Waals surface area contributed by atoms with Crippen molar-refractivity contribution in [2.24, 2.45) is 4.99 Å². The largest absolute Gasteiger partial charge is 0.383 e. The summed E-state index contributed by atoms with van der Waals surface area (Å²) in [4.78, 5) is 14.5. The number of thioether (sulfide) groups is 1. The molecular formula is C16H26IN5O2S. The first-order chi connectivity index (χ1) is 11.6. The van der Waals surface area contributed by atoms with Gasteiger partial charge in [-0.1, -0.05) is 0 Å². The minimum Gasteiger partial charge on any atom is -0.383 e. The van der Waals surface area contributed by atoms with Crippen molar-refractivity contribution in [2.75, 3.05) is 31.7 Å². The van der Waals surface area contributed by atoms with Crippen LogP contribution in [0.2, 0.25) is 0 Å². The lowest BCUT2D eigenvalue weighted by Crippen LogP contribution is -2.44. The fourth-order valence-corrected chi connectivity index (χ4v) is 3.56. The third kappa shape index (κ3) is 7.27. The molecule has 1 aromatic carbocycles. The maximum atomic E-state index is 10.6. The van der Waals surface area contributed by atoms with Crippen LogP contribution in [0.25, 0.3) is 0 Å². The standard InChI is InChI=1S/C16H25N5O2S.HI/c1-17-16(20-13-5-8-15(11-13)24-2)19-10-9-18-12-3-6-14(7-4-12)21(22)23;/h3-4,6-7,13,15,18H,5,8-11H2,1-2H3,(H2,17,19,20);1H. The Hall–Kier alpha value is -1.23. The lowest BCUT2D eigenvalue weighted by Gasteiger charge is -2.17. The molecule has 140 valence electrons. The van der Waals surface area contributed by atoms with Gasteiger partial charge in [-0.05, 0) is 37.7 Å². The van der Waals surface area contributed by atoms with Gasteiger partial charge < -0.3 is 16.0 Å². The van der Waals surface area contributed by atoms with E-state index in [-0.39, 0.29) is 29.7 Å². The summed E-state index contributed by atoms with van der Waals surface area (Å²) in [7, 11) is 1.78. The molecule has 1 saturated carbocycles. The second kappa shape index (κ2) is 11.4. The fraction of sp³-hybridized carbons (Fsp3) is 0.562. The van der Waals surface area contributed by atoms with E-state index in [1.54, 1.807) is 19.2 Å². The van der Waals surface area contributed by atoms with Gasteiger partial charge in [0, 0.05) is 49.2 Å². The fourth-order valence-electron chi connectivity index (χ4n) is 2.76. The number of nitrogens with zero attached hydrogens (tertiary/aromatic N) is 2. The highest BCUT2D eigenvalue weighted by atomic mass is 127. The molecule has 0 radical (unpaired) electrons. The van der Waals surface area contributed by atoms with Crippen LogP contribution >= 0.6 is 35.7 Å². The van der Waals surface area contributed by atoms with Crippen LogP contribution < -0.4 is 16.0 Å². The van der Waals surface area contributed by atoms with Crippen LogP contribution in [0.5, 0.6) is 0 Å². The number of nitrogens with one attached hydrogen (secondary N) is 3. The molecule has 2 atom stereocenters. The Labute approximate surface area is 170 Å². The van der Waals surface area contributed by atoms with Crippen molar-refractivity contribution in [3.05, 3.63) is 34.4 Å². The van der Waals surface area contributed by atoms with Gasteiger partial charge in [-0.3, -0.25) is 15.1 Å². The van der Waals surface area contributed by atoms with Gasteiger partial charge in [0.15, 0.2) is 5.96 Å². The molecule has 7 nitrogen and oxygen atoms in total. The van der Waals surface area contributed by atoms with Gasteiger partial charge >= 0.3 is 0 Å². The number of halogens is 1. The molecule has 0 bridgehead atoms. The number of hydrogen-bond donors (Lipinski definition) is 3. The van der Waals surface area contributed by atoms with E-state index < -0.39 is 4.92 Å². The number of anilines is 1. The van der Waals surface area contributed by atoms with E-state index in [2.05, 4.69) is 27.2 Å². The summed E-state index contributed by atoms with van der Waals surface area (Å²) in [6, 6.07) is 6.92. The van der Waals surface area contributed by atoms with Gasteiger partial charge in [0.25, 0.3) is 5.69 Å². The van der Waals surface area contributed by atoms with E-state index in [4.69, 9.17) is 0 Å². The minimum atomic E-state index is -0.397. The smallest absolute Gasteiger partial charge is 0.269 e. The molecule has 2 rings (SSSR count). The molecule has 0 heterocycles. The lowest BCUT2D eigenvalue weighted by atomic mass is 10.2. The van der Waals surface area contributed by atoms with E-state index in [0.717, 1.165) is 23.4 Å². The predicted molar refractivity (Wildman–Crippen MR) is 116 cm³/mol. The molecule has 1 aliphatic rings. The SMILES string of the molecule is CN=C(NCCNc1ccc([N+](=O)[O-])cc1)NC1CCC(SC)C1.I. The molecular weight excluding hydrogens is 453 g/mol. The van der Waals surface area contributed by atoms with Crippen molar-refractivity contribution >= 4 is 53.1 Å². The Bertz CT molecular complexity index is 570. The summed E-state index contributed by atoms with van der Waals surface area (Å²) in [6.07, 6.45) is 5.80. The Balaban J connectivity index is 0.00000312. The first-order valence-electron chi connectivity index (χ1n) is 8.10. The molecule has 9 heteroatoms. The van der Waals surface area contributed by atoms with Crippen molar-refractivity contribution in [3.63, 3.8) is 0 Å². The second-order valence-electron chi connectivity index (χ2n) is 5.74. The molecule has 0 saturated heterocycles. The van der Waals surface area contributed by atoms with Gasteiger partial charge in [0.1, 0.15) is 0 Å². The third-order valence-electron chi connectivity index (χ3n) is 4.11. The highest BCUT2D eigenvalue weighted by Crippen LogP contribution is 2.27. The van der Waals surface area contributed by atoms with E-state index >= 15 is 0 Å². The van der Waals surface area contributed by atoms with E-state index in [1.165, 1.54) is 31.4 Å². The lowest BCUT2D eigenvalue weighted by molar-refractivity contribution is -0.384. The van der Waals surface area contributed by atoms with Gasteiger partial charge in [0.05, 0.1) is 4.92 Å². The van der Waals surface area contributed by atoms with Crippen molar-refractivity contribution in [1.29, 1.82) is 0 Å². The first kappa shape index (κ1) is 21.8. The maximum absolute atomic E-state index is 10.6. The molecule has 2 unspecified atom stereocenters. The number of hydrogen-bond acceptors (Lipinski definition) is 5. The molecule has 0 aromatic heterocycles. The zero-order valence-corrected chi connectivity index (χ0v) is 17.7. The summed E-state index contributed by atoms with van der Waals surface area (Å²) >= 11 is 1.94. The number of rotatable bonds is 7. The Kier molecular flexibility index (Phi) is 9.94. The molecule has 25 heavy (non-hydrogen) atoms. The molecule has 0 spiro atoms. The Morgan fingerprint density at radius 1 is 1.32 bits per heavy atom. The molecule has 3 N–H and O–H groups in total. The zero-order chi connectivity index (χ0) is 17.4. The summed E-state index contributed by atoms with van der Waals surface area (Å²) in [5.74, 6) is 0.826. The number of guanidine groups is 1. The molecule has 1 fully saturated rings. The van der Waals surface area contributed by atoms with Gasteiger partial charge in [0.2, 0.25) is 0 Å². The van der Waals surface area contributed by atoms with Gasteiger partial charge in [-0.15, -0.1) is 24.0 Å². The number of aliphatic imine (C=N–C) groups is 1. The van der Waals surface area contributed by atoms with Crippen LogP contribution in [0.4, 0.5) is 11.4 Å². The normalized spacial score (nSPS) is 19.8. The van der Waals surface area contributed by atoms with Crippen LogP contribution in [0.15, 0.2) is 29.3 Å². The number of benzene rings is 1. The van der Waals surface area contributed by atoms with E-state index in [0.29, 0.717) is 12.6 Å². The topological polar surface area (TPSA) is 91.6 Å². The van der Waals surface area contributed by atoms with Crippen molar-refractivity contribution < 1.29 is 4.92 Å². The van der Waals surface area contributed by atoms with Crippen LogP contribution in [0.3, 0.4) is 0 Å². The van der Waals surface area contributed by atoms with Gasteiger partial charge in [-0.25, -0.2) is 0 Å². The molecule has 1 aliphatic carbocycles. The number of nitro benzene ring substituents is 1. The van der Waals surface area contributed by atoms with Crippen LogP contribution in [-0.2, 0) is 0 Å². The second-order valence-corrected chi connectivity index (χ2v) is 6.88. The van der Waals surface area contributed by atoms with Crippen molar-refractivity contribution in [2.45, 2.75) is 30.6 Å². The average molecular weight is 479 g/mol. The average Bonchev–Trinajstić information content (AvgIpc) is 3.05. The highest BCUT2D eigenvalue weighted by molar-refractivity contribution is 14.0. The summed E-state index contributed by atoms with van der Waals surface area (Å²) in [6.45, 7) is 1.42. The van der Waals surface area contributed by atoms with Crippen molar-refractivity contribution in [1.82, 2.24) is 10.6 Å². The Morgan fingerprint density at radius 3 is 2.60 bits per heavy atom. The summed E-state index contributed by atoms with van der Waals surface area (Å²) < 4.78 is 0. The monoisotopic (exact) mass is 479 g/mol. The van der Waals surface area contributed by atoms with E-state index in [9.17, 15) is 10.1 Å². The summed E-state index contributed by atoms with van der Waals surface area (Å²) in [5, 5.41) is 21.4. The predicted octanol–water partition coefficient (Wildman–Crippen LogP) is 3.07. The molecule has 1 aromatic rings. The molecule has 0 aliphatic heterocycles. The summed E-state index contributed by atoms with van der Waals surface area (Å²) in [5.41, 5.74) is 0.965. The molecule has 0 amide bonds.